The Balaban J connectivity index is 1.60. The summed E-state index contributed by atoms with van der Waals surface area (Å²) in [5.41, 5.74) is -6.11. The zero-order chi connectivity index (χ0) is 36.5. The van der Waals surface area contributed by atoms with E-state index in [0.29, 0.717) is 6.42 Å². The molecular weight excluding hydrogens is 666 g/mol. The molecule has 4 aromatic carbocycles. The van der Waals surface area contributed by atoms with E-state index in [0.717, 1.165) is 66.9 Å². The number of alkyl halides is 6. The summed E-state index contributed by atoms with van der Waals surface area (Å²) in [7, 11) is -3.87. The molecule has 0 fully saturated rings. The third-order valence-corrected chi connectivity index (χ3v) is 11.2. The van der Waals surface area contributed by atoms with Crippen LogP contribution in [0.15, 0.2) is 107 Å². The van der Waals surface area contributed by atoms with Crippen molar-refractivity contribution in [2.45, 2.75) is 99.4 Å². The summed E-state index contributed by atoms with van der Waals surface area (Å²) in [5, 5.41) is 0. The molecule has 11 heteroatoms. The van der Waals surface area contributed by atoms with Crippen LogP contribution in [0.4, 0.5) is 26.3 Å². The number of sulfone groups is 1. The molecule has 4 rings (SSSR count). The van der Waals surface area contributed by atoms with Crippen LogP contribution in [0.1, 0.15) is 77.5 Å². The van der Waals surface area contributed by atoms with Gasteiger partial charge >= 0.3 is 12.4 Å². The summed E-state index contributed by atoms with van der Waals surface area (Å²) in [6.07, 6.45) is -9.16. The molecule has 0 spiro atoms. The number of ether oxygens (including phenoxy) is 2. The monoisotopic (exact) mass is 706 g/mol. The van der Waals surface area contributed by atoms with Crippen molar-refractivity contribution in [1.82, 2.24) is 0 Å². The second kappa shape index (κ2) is 13.7. The average Bonchev–Trinajstić information content (AvgIpc) is 3.05. The van der Waals surface area contributed by atoms with Gasteiger partial charge in [0.25, 0.3) is 0 Å². The number of halogens is 6. The summed E-state index contributed by atoms with van der Waals surface area (Å²) >= 11 is 0. The molecule has 0 saturated carbocycles. The molecule has 264 valence electrons. The van der Waals surface area contributed by atoms with E-state index in [4.69, 9.17) is 9.47 Å². The molecule has 0 heterocycles. The molecular formula is C38H40F6O4S. The average molecular weight is 707 g/mol. The van der Waals surface area contributed by atoms with Crippen molar-refractivity contribution in [3.63, 3.8) is 0 Å². The van der Waals surface area contributed by atoms with Gasteiger partial charge in [-0.1, -0.05) is 64.1 Å². The van der Waals surface area contributed by atoms with E-state index >= 15 is 0 Å². The predicted octanol–water partition coefficient (Wildman–Crippen LogP) is 11.4. The van der Waals surface area contributed by atoms with Crippen molar-refractivity contribution in [2.75, 3.05) is 0 Å². The van der Waals surface area contributed by atoms with Crippen molar-refractivity contribution >= 4 is 9.84 Å². The highest BCUT2D eigenvalue weighted by Crippen LogP contribution is 2.56. The lowest BCUT2D eigenvalue weighted by molar-refractivity contribution is -0.288. The highest BCUT2D eigenvalue weighted by molar-refractivity contribution is 7.91. The van der Waals surface area contributed by atoms with Crippen LogP contribution in [-0.4, -0.2) is 26.4 Å². The summed E-state index contributed by atoms with van der Waals surface area (Å²) in [6, 6.07) is 19.4. The van der Waals surface area contributed by atoms with Crippen molar-refractivity contribution < 1.29 is 44.2 Å². The molecule has 49 heavy (non-hydrogen) atoms. The maximum atomic E-state index is 14.6. The molecule has 0 atom stereocenters. The Morgan fingerprint density at radius 1 is 0.510 bits per heavy atom. The molecule has 0 saturated heterocycles. The SMILES string of the molecule is CCC(C)(C)Oc1ccc(C(c2ccc(Oc3ccc(S(=O)(=O)c4ccc(C(C)(CC)CC)cc4)cc3)cc2)(C(F)(F)F)C(F)(F)F)cc1. The molecule has 4 aromatic rings. The van der Waals surface area contributed by atoms with Crippen LogP contribution in [-0.2, 0) is 20.7 Å². The molecule has 0 radical (unpaired) electrons. The fourth-order valence-electron chi connectivity index (χ4n) is 5.57. The first kappa shape index (κ1) is 37.8. The Bertz CT molecular complexity index is 1790. The van der Waals surface area contributed by atoms with Crippen molar-refractivity contribution in [1.29, 1.82) is 0 Å². The summed E-state index contributed by atoms with van der Waals surface area (Å²) < 4.78 is 126. The largest absolute Gasteiger partial charge is 0.488 e. The number of rotatable bonds is 12. The van der Waals surface area contributed by atoms with E-state index in [2.05, 4.69) is 20.8 Å². The van der Waals surface area contributed by atoms with Crippen LogP contribution in [0.3, 0.4) is 0 Å². The van der Waals surface area contributed by atoms with Crippen LogP contribution in [0.5, 0.6) is 17.2 Å². The summed E-state index contributed by atoms with van der Waals surface area (Å²) in [6.45, 7) is 11.6. The lowest BCUT2D eigenvalue weighted by Crippen LogP contribution is -2.54. The van der Waals surface area contributed by atoms with E-state index in [1.54, 1.807) is 26.0 Å². The van der Waals surface area contributed by atoms with Gasteiger partial charge in [0, 0.05) is 0 Å². The van der Waals surface area contributed by atoms with E-state index in [1.165, 1.54) is 24.3 Å². The molecule has 0 unspecified atom stereocenters. The van der Waals surface area contributed by atoms with Gasteiger partial charge in [0.2, 0.25) is 15.3 Å². The third-order valence-electron chi connectivity index (χ3n) is 9.46. The van der Waals surface area contributed by atoms with Gasteiger partial charge < -0.3 is 9.47 Å². The van der Waals surface area contributed by atoms with Gasteiger partial charge in [-0.3, -0.25) is 0 Å². The Morgan fingerprint density at radius 2 is 0.857 bits per heavy atom. The number of benzene rings is 4. The second-order valence-electron chi connectivity index (χ2n) is 12.9. The minimum atomic E-state index is -5.76. The van der Waals surface area contributed by atoms with Crippen LogP contribution in [0.2, 0.25) is 0 Å². The molecule has 4 nitrogen and oxygen atoms in total. The lowest BCUT2D eigenvalue weighted by Gasteiger charge is -2.38. The first-order chi connectivity index (χ1) is 22.7. The van der Waals surface area contributed by atoms with Gasteiger partial charge in [-0.2, -0.15) is 26.3 Å². The highest BCUT2D eigenvalue weighted by Gasteiger charge is 2.72. The quantitative estimate of drug-likeness (QED) is 0.138. The Kier molecular flexibility index (Phi) is 10.6. The Morgan fingerprint density at radius 3 is 1.22 bits per heavy atom. The number of hydrogen-bond donors (Lipinski definition) is 0. The van der Waals surface area contributed by atoms with Gasteiger partial charge in [0.05, 0.1) is 9.79 Å². The molecule has 0 aliphatic carbocycles. The van der Waals surface area contributed by atoms with E-state index in [-0.39, 0.29) is 32.5 Å². The maximum absolute atomic E-state index is 14.6. The van der Waals surface area contributed by atoms with Crippen molar-refractivity contribution in [3.05, 3.63) is 114 Å². The minimum Gasteiger partial charge on any atom is -0.488 e. The Labute approximate surface area is 284 Å². The Hall–Kier alpha value is -3.99. The van der Waals surface area contributed by atoms with Crippen LogP contribution < -0.4 is 9.47 Å². The smallest absolute Gasteiger partial charge is 0.411 e. The fraction of sp³-hybridized carbons (Fsp3) is 0.368. The van der Waals surface area contributed by atoms with E-state index in [1.807, 2.05) is 19.1 Å². The standard InChI is InChI=1S/C38H40F6O4S/c1-7-34(4,5)48-31-18-12-28(13-19-31)36(37(39,40)41,38(42,43)44)27-10-16-29(17-11-27)47-30-20-24-33(25-21-30)49(45,46)32-22-14-26(15-23-32)35(6,8-2)9-3/h10-25H,7-9H2,1-6H3. The lowest BCUT2D eigenvalue weighted by atomic mass is 9.73. The normalized spacial score (nSPS) is 13.3. The van der Waals surface area contributed by atoms with Gasteiger partial charge in [-0.15, -0.1) is 0 Å². The molecule has 0 amide bonds. The van der Waals surface area contributed by atoms with Gasteiger partial charge in [0.1, 0.15) is 22.8 Å². The van der Waals surface area contributed by atoms with Crippen LogP contribution in [0.25, 0.3) is 0 Å². The molecule has 0 aliphatic rings. The molecule has 0 aliphatic heterocycles. The number of hydrogen-bond acceptors (Lipinski definition) is 4. The molecule has 0 N–H and O–H groups in total. The fourth-order valence-corrected chi connectivity index (χ4v) is 6.83. The zero-order valence-electron chi connectivity index (χ0n) is 28.2. The van der Waals surface area contributed by atoms with Crippen molar-refractivity contribution in [3.8, 4) is 17.2 Å². The van der Waals surface area contributed by atoms with Gasteiger partial charge in [0.15, 0.2) is 0 Å². The zero-order valence-corrected chi connectivity index (χ0v) is 29.0. The molecule has 0 aromatic heterocycles. The summed E-state index contributed by atoms with van der Waals surface area (Å²) in [5.74, 6) is 0.224. The van der Waals surface area contributed by atoms with Crippen LogP contribution >= 0.6 is 0 Å². The molecule has 0 bridgehead atoms. The minimum absolute atomic E-state index is 0.00786. The van der Waals surface area contributed by atoms with Gasteiger partial charge in [-0.25, -0.2) is 8.42 Å². The first-order valence-corrected chi connectivity index (χ1v) is 17.4. The maximum Gasteiger partial charge on any atom is 0.411 e. The first-order valence-electron chi connectivity index (χ1n) is 15.9. The third kappa shape index (κ3) is 7.46. The van der Waals surface area contributed by atoms with E-state index in [9.17, 15) is 34.8 Å². The highest BCUT2D eigenvalue weighted by atomic mass is 32.2. The van der Waals surface area contributed by atoms with Crippen LogP contribution in [0, 0.1) is 0 Å². The predicted molar refractivity (Wildman–Crippen MR) is 177 cm³/mol. The van der Waals surface area contributed by atoms with Crippen molar-refractivity contribution in [2.24, 2.45) is 0 Å². The summed E-state index contributed by atoms with van der Waals surface area (Å²) in [4.78, 5) is 0.103. The van der Waals surface area contributed by atoms with E-state index < -0.39 is 44.3 Å². The second-order valence-corrected chi connectivity index (χ2v) is 14.8. The van der Waals surface area contributed by atoms with Gasteiger partial charge in [-0.05, 0) is 116 Å². The topological polar surface area (TPSA) is 52.6 Å².